The summed E-state index contributed by atoms with van der Waals surface area (Å²) < 4.78 is 0. The lowest BCUT2D eigenvalue weighted by Gasteiger charge is -2.12. The summed E-state index contributed by atoms with van der Waals surface area (Å²) in [4.78, 5) is 16.5. The van der Waals surface area contributed by atoms with Crippen molar-refractivity contribution in [1.82, 2.24) is 10.3 Å². The predicted octanol–water partition coefficient (Wildman–Crippen LogP) is 3.26. The lowest BCUT2D eigenvalue weighted by atomic mass is 10.1. The Hall–Kier alpha value is -2.93. The molecule has 0 fully saturated rings. The molecule has 0 spiro atoms. The van der Waals surface area contributed by atoms with Crippen LogP contribution in [0.4, 0.5) is 5.69 Å². The number of carbonyl (C=O) groups is 1. The number of amides is 1. The average Bonchev–Trinajstić information content (AvgIpc) is 2.72. The first kappa shape index (κ1) is 23.3. The Morgan fingerprint density at radius 2 is 1.77 bits per heavy atom. The molecule has 0 radical (unpaired) electrons. The first-order chi connectivity index (χ1) is 14.1. The second-order valence-electron chi connectivity index (χ2n) is 6.81. The van der Waals surface area contributed by atoms with Crippen LogP contribution in [-0.4, -0.2) is 34.2 Å². The number of phenolic OH excluding ortho intramolecular Hbond substituents is 1. The number of aromatic hydroxyl groups is 1. The van der Waals surface area contributed by atoms with Crippen molar-refractivity contribution in [3.63, 3.8) is 0 Å². The molecule has 1 atom stereocenters. The zero-order chi connectivity index (χ0) is 20.5. The van der Waals surface area contributed by atoms with E-state index in [0.717, 1.165) is 28.9 Å². The summed E-state index contributed by atoms with van der Waals surface area (Å²) >= 11 is 0. The fourth-order valence-corrected chi connectivity index (χ4v) is 2.96. The Kier molecular flexibility index (Phi) is 9.28. The number of aliphatic hydroxyl groups excluding tert-OH is 1. The second-order valence-corrected chi connectivity index (χ2v) is 6.81. The van der Waals surface area contributed by atoms with Crippen LogP contribution in [0.15, 0.2) is 72.9 Å². The Bertz CT molecular complexity index is 920. The molecule has 30 heavy (non-hydrogen) atoms. The van der Waals surface area contributed by atoms with Crippen LogP contribution < -0.4 is 10.6 Å². The molecule has 1 amide bonds. The summed E-state index contributed by atoms with van der Waals surface area (Å²) in [6, 6.07) is 19.7. The number of nitrogens with one attached hydrogen (secondary N) is 2. The van der Waals surface area contributed by atoms with Crippen molar-refractivity contribution >= 4 is 24.0 Å². The number of carbonyl (C=O) groups excluding carboxylic acids is 1. The number of benzene rings is 2. The van der Waals surface area contributed by atoms with Gasteiger partial charge >= 0.3 is 0 Å². The summed E-state index contributed by atoms with van der Waals surface area (Å²) in [5.41, 5.74) is 3.32. The zero-order valence-corrected chi connectivity index (χ0v) is 17.3. The van der Waals surface area contributed by atoms with Crippen LogP contribution in [0.3, 0.4) is 0 Å². The van der Waals surface area contributed by atoms with Crippen molar-refractivity contribution < 1.29 is 15.0 Å². The van der Waals surface area contributed by atoms with Crippen LogP contribution in [0.2, 0.25) is 0 Å². The van der Waals surface area contributed by atoms with Gasteiger partial charge in [0.1, 0.15) is 5.75 Å². The molecule has 1 unspecified atom stereocenters. The maximum Gasteiger partial charge on any atom is 0.230 e. The molecule has 0 aliphatic rings. The van der Waals surface area contributed by atoms with Crippen molar-refractivity contribution in [2.45, 2.75) is 18.9 Å². The first-order valence-electron chi connectivity index (χ1n) is 9.56. The van der Waals surface area contributed by atoms with Gasteiger partial charge in [0.15, 0.2) is 0 Å². The van der Waals surface area contributed by atoms with Gasteiger partial charge in [-0.2, -0.15) is 0 Å². The normalized spacial score (nSPS) is 11.4. The number of para-hydroxylation sites is 1. The largest absolute Gasteiger partial charge is 0.508 e. The number of anilines is 1. The molecule has 2 aromatic carbocycles. The Balaban J connectivity index is 0.00000320. The van der Waals surface area contributed by atoms with Gasteiger partial charge in [0.2, 0.25) is 5.91 Å². The van der Waals surface area contributed by atoms with E-state index in [0.29, 0.717) is 13.1 Å². The molecule has 0 saturated heterocycles. The summed E-state index contributed by atoms with van der Waals surface area (Å²) in [5, 5.41) is 25.6. The number of phenols is 1. The van der Waals surface area contributed by atoms with Gasteiger partial charge in [-0.1, -0.05) is 30.3 Å². The smallest absolute Gasteiger partial charge is 0.230 e. The molecule has 1 heterocycles. The molecule has 6 nitrogen and oxygen atoms in total. The van der Waals surface area contributed by atoms with Crippen LogP contribution in [-0.2, 0) is 17.6 Å². The van der Waals surface area contributed by atoms with E-state index in [1.807, 2.05) is 42.5 Å². The van der Waals surface area contributed by atoms with Crippen LogP contribution in [0.5, 0.6) is 5.75 Å². The third-order valence-corrected chi connectivity index (χ3v) is 4.49. The SMILES string of the molecule is Cl.O=C(Cc1cc(CCNCC(O)c2ccc(O)cc2)ccn1)Nc1ccccc1. The minimum atomic E-state index is -0.634. The molecule has 0 saturated carbocycles. The lowest BCUT2D eigenvalue weighted by Crippen LogP contribution is -2.23. The van der Waals surface area contributed by atoms with Gasteiger partial charge in [-0.3, -0.25) is 9.78 Å². The topological polar surface area (TPSA) is 94.5 Å². The van der Waals surface area contributed by atoms with Crippen molar-refractivity contribution in [3.05, 3.63) is 89.7 Å². The maximum atomic E-state index is 12.2. The van der Waals surface area contributed by atoms with Gasteiger partial charge in [-0.05, 0) is 60.5 Å². The molecule has 3 rings (SSSR count). The fourth-order valence-electron chi connectivity index (χ4n) is 2.96. The Morgan fingerprint density at radius 3 is 2.50 bits per heavy atom. The van der Waals surface area contributed by atoms with Gasteiger partial charge in [0.25, 0.3) is 0 Å². The predicted molar refractivity (Wildman–Crippen MR) is 120 cm³/mol. The third-order valence-electron chi connectivity index (χ3n) is 4.49. The highest BCUT2D eigenvalue weighted by Gasteiger charge is 2.08. The third kappa shape index (κ3) is 7.48. The molecule has 7 heteroatoms. The fraction of sp³-hybridized carbons (Fsp3) is 0.217. The van der Waals surface area contributed by atoms with E-state index in [1.165, 1.54) is 0 Å². The highest BCUT2D eigenvalue weighted by molar-refractivity contribution is 5.91. The molecule has 3 aromatic rings. The molecule has 4 N–H and O–H groups in total. The van der Waals surface area contributed by atoms with Crippen molar-refractivity contribution in [2.75, 3.05) is 18.4 Å². The van der Waals surface area contributed by atoms with Crippen LogP contribution >= 0.6 is 12.4 Å². The number of hydrogen-bond acceptors (Lipinski definition) is 5. The highest BCUT2D eigenvalue weighted by Crippen LogP contribution is 2.16. The van der Waals surface area contributed by atoms with Gasteiger partial charge < -0.3 is 20.8 Å². The van der Waals surface area contributed by atoms with Gasteiger partial charge in [0, 0.05) is 24.1 Å². The second kappa shape index (κ2) is 11.9. The molecule has 0 aliphatic carbocycles. The number of nitrogens with zero attached hydrogens (tertiary/aromatic N) is 1. The van der Waals surface area contributed by atoms with Crippen LogP contribution in [0, 0.1) is 0 Å². The molecular formula is C23H26ClN3O3. The first-order valence-corrected chi connectivity index (χ1v) is 9.56. The number of pyridine rings is 1. The highest BCUT2D eigenvalue weighted by atomic mass is 35.5. The number of rotatable bonds is 9. The summed E-state index contributed by atoms with van der Waals surface area (Å²) in [5.74, 6) is 0.0795. The zero-order valence-electron chi connectivity index (χ0n) is 16.5. The Morgan fingerprint density at radius 1 is 1.03 bits per heavy atom. The van der Waals surface area contributed by atoms with Gasteiger partial charge in [0.05, 0.1) is 12.5 Å². The summed E-state index contributed by atoms with van der Waals surface area (Å²) in [7, 11) is 0. The van der Waals surface area contributed by atoms with E-state index in [-0.39, 0.29) is 30.5 Å². The Labute approximate surface area is 182 Å². The summed E-state index contributed by atoms with van der Waals surface area (Å²) in [6.07, 6.45) is 2.06. The average molecular weight is 428 g/mol. The van der Waals surface area contributed by atoms with Gasteiger partial charge in [-0.25, -0.2) is 0 Å². The number of aliphatic hydroxyl groups is 1. The van der Waals surface area contributed by atoms with Crippen LogP contribution in [0.25, 0.3) is 0 Å². The number of halogens is 1. The minimum absolute atomic E-state index is 0. The van der Waals surface area contributed by atoms with Crippen molar-refractivity contribution in [2.24, 2.45) is 0 Å². The number of aromatic nitrogens is 1. The number of hydrogen-bond donors (Lipinski definition) is 4. The molecular weight excluding hydrogens is 402 g/mol. The lowest BCUT2D eigenvalue weighted by molar-refractivity contribution is -0.115. The molecule has 158 valence electrons. The minimum Gasteiger partial charge on any atom is -0.508 e. The molecule has 0 bridgehead atoms. The van der Waals surface area contributed by atoms with E-state index < -0.39 is 6.10 Å². The van der Waals surface area contributed by atoms with E-state index in [2.05, 4.69) is 15.6 Å². The van der Waals surface area contributed by atoms with E-state index >= 15 is 0 Å². The van der Waals surface area contributed by atoms with Crippen molar-refractivity contribution in [3.8, 4) is 5.75 Å². The molecule has 0 aliphatic heterocycles. The van der Waals surface area contributed by atoms with E-state index in [1.54, 1.807) is 30.5 Å². The quantitative estimate of drug-likeness (QED) is 0.393. The maximum absolute atomic E-state index is 12.2. The summed E-state index contributed by atoms with van der Waals surface area (Å²) in [6.45, 7) is 1.11. The van der Waals surface area contributed by atoms with E-state index in [4.69, 9.17) is 0 Å². The molecule has 1 aromatic heterocycles. The van der Waals surface area contributed by atoms with Crippen molar-refractivity contribution in [1.29, 1.82) is 0 Å². The van der Waals surface area contributed by atoms with Gasteiger partial charge in [-0.15, -0.1) is 12.4 Å². The monoisotopic (exact) mass is 427 g/mol. The standard InChI is InChI=1S/C23H25N3O3.ClH/c27-21-8-6-18(7-9-21)22(28)16-24-12-10-17-11-13-25-20(14-17)15-23(29)26-19-4-2-1-3-5-19;/h1-9,11,13-14,22,24,27-28H,10,12,15-16H2,(H,26,29);1H. The van der Waals surface area contributed by atoms with E-state index in [9.17, 15) is 15.0 Å². The van der Waals surface area contributed by atoms with Crippen LogP contribution in [0.1, 0.15) is 22.9 Å².